The topological polar surface area (TPSA) is 51.2 Å². The summed E-state index contributed by atoms with van der Waals surface area (Å²) in [4.78, 5) is 20.4. The van der Waals surface area contributed by atoms with Crippen LogP contribution in [0.2, 0.25) is 0 Å². The van der Waals surface area contributed by atoms with Crippen molar-refractivity contribution in [2.45, 2.75) is 6.92 Å². The maximum absolute atomic E-state index is 11.4. The van der Waals surface area contributed by atoms with E-state index in [2.05, 4.69) is 15.3 Å². The highest BCUT2D eigenvalue weighted by atomic mass is 32.1. The third-order valence-corrected chi connectivity index (χ3v) is 3.03. The van der Waals surface area contributed by atoms with Crippen molar-refractivity contribution in [3.05, 3.63) is 40.2 Å². The van der Waals surface area contributed by atoms with Crippen LogP contribution in [-0.4, -0.2) is 18.0 Å². The van der Waals surface area contributed by atoms with Gasteiger partial charge in [-0.3, -0.25) is 9.63 Å². The zero-order valence-electron chi connectivity index (χ0n) is 9.56. The van der Waals surface area contributed by atoms with Crippen LogP contribution in [0.1, 0.15) is 15.4 Å². The quantitative estimate of drug-likeness (QED) is 0.849. The molecule has 1 aromatic carbocycles. The van der Waals surface area contributed by atoms with Crippen LogP contribution in [-0.2, 0) is 4.84 Å². The highest BCUT2D eigenvalue weighted by Crippen LogP contribution is 2.21. The maximum atomic E-state index is 11.4. The predicted octanol–water partition coefficient (Wildman–Crippen LogP) is 2.41. The van der Waals surface area contributed by atoms with Crippen LogP contribution in [0.15, 0.2) is 29.6 Å². The third-order valence-electron chi connectivity index (χ3n) is 2.26. The highest BCUT2D eigenvalue weighted by molar-refractivity contribution is 7.09. The second-order valence-corrected chi connectivity index (χ2v) is 4.53. The molecule has 0 unspecified atom stereocenters. The summed E-state index contributed by atoms with van der Waals surface area (Å²) in [7, 11) is 1.41. The molecule has 1 aromatic heterocycles. The molecule has 2 aromatic rings. The molecule has 0 aliphatic carbocycles. The second kappa shape index (κ2) is 5.07. The van der Waals surface area contributed by atoms with E-state index in [0.717, 1.165) is 16.3 Å². The Morgan fingerprint density at radius 1 is 1.35 bits per heavy atom. The number of nitrogens with zero attached hydrogens (tertiary/aromatic N) is 1. The molecular weight excluding hydrogens is 236 g/mol. The summed E-state index contributed by atoms with van der Waals surface area (Å²) >= 11 is 1.61. The Morgan fingerprint density at radius 2 is 2.06 bits per heavy atom. The van der Waals surface area contributed by atoms with E-state index < -0.39 is 0 Å². The number of thiazole rings is 1. The van der Waals surface area contributed by atoms with Gasteiger partial charge < -0.3 is 0 Å². The largest absolute Gasteiger partial charge is 0.277 e. The molecule has 0 bridgehead atoms. The fourth-order valence-electron chi connectivity index (χ4n) is 1.44. The van der Waals surface area contributed by atoms with Crippen LogP contribution in [0.25, 0.3) is 11.3 Å². The fraction of sp³-hybridized carbons (Fsp3) is 0.167. The summed E-state index contributed by atoms with van der Waals surface area (Å²) in [5.74, 6) is -0.256. The molecule has 1 N–H and O–H groups in total. The average Bonchev–Trinajstić information content (AvgIpc) is 2.76. The first kappa shape index (κ1) is 11.8. The molecule has 0 aliphatic rings. The van der Waals surface area contributed by atoms with Gasteiger partial charge in [0, 0.05) is 16.5 Å². The van der Waals surface area contributed by atoms with Gasteiger partial charge >= 0.3 is 0 Å². The number of amides is 1. The highest BCUT2D eigenvalue weighted by Gasteiger charge is 2.06. The van der Waals surface area contributed by atoms with Crippen LogP contribution in [0.4, 0.5) is 0 Å². The van der Waals surface area contributed by atoms with Crippen molar-refractivity contribution in [2.75, 3.05) is 7.11 Å². The van der Waals surface area contributed by atoms with Crippen molar-refractivity contribution in [1.29, 1.82) is 0 Å². The first-order chi connectivity index (χ1) is 8.20. The molecule has 5 heteroatoms. The van der Waals surface area contributed by atoms with Gasteiger partial charge in [0.25, 0.3) is 5.91 Å². The Hall–Kier alpha value is -1.72. The van der Waals surface area contributed by atoms with Crippen LogP contribution < -0.4 is 5.48 Å². The molecule has 0 saturated carbocycles. The molecule has 0 radical (unpaired) electrons. The minimum absolute atomic E-state index is 0.256. The summed E-state index contributed by atoms with van der Waals surface area (Å²) in [5.41, 5.74) is 4.77. The minimum Gasteiger partial charge on any atom is -0.277 e. The van der Waals surface area contributed by atoms with Crippen molar-refractivity contribution >= 4 is 17.2 Å². The number of rotatable bonds is 3. The monoisotopic (exact) mass is 248 g/mol. The number of nitrogens with one attached hydrogen (secondary N) is 1. The number of hydrogen-bond donors (Lipinski definition) is 1. The van der Waals surface area contributed by atoms with Crippen molar-refractivity contribution in [3.63, 3.8) is 0 Å². The molecule has 88 valence electrons. The number of carbonyl (C=O) groups excluding carboxylic acids is 1. The Kier molecular flexibility index (Phi) is 3.51. The van der Waals surface area contributed by atoms with E-state index in [0.29, 0.717) is 5.56 Å². The van der Waals surface area contributed by atoms with Crippen molar-refractivity contribution in [2.24, 2.45) is 0 Å². The van der Waals surface area contributed by atoms with Crippen LogP contribution in [0, 0.1) is 6.92 Å². The number of benzene rings is 1. The lowest BCUT2D eigenvalue weighted by Crippen LogP contribution is -2.21. The van der Waals surface area contributed by atoms with Gasteiger partial charge in [-0.05, 0) is 19.1 Å². The number of aryl methyl sites for hydroxylation is 1. The van der Waals surface area contributed by atoms with Gasteiger partial charge in [0.05, 0.1) is 17.8 Å². The molecule has 1 amide bonds. The summed E-state index contributed by atoms with van der Waals surface area (Å²) in [6.45, 7) is 1.97. The van der Waals surface area contributed by atoms with Crippen molar-refractivity contribution < 1.29 is 9.63 Å². The van der Waals surface area contributed by atoms with E-state index in [1.807, 2.05) is 24.4 Å². The van der Waals surface area contributed by atoms with E-state index in [1.54, 1.807) is 23.5 Å². The van der Waals surface area contributed by atoms with Crippen LogP contribution >= 0.6 is 11.3 Å². The maximum Gasteiger partial charge on any atom is 0.274 e. The molecule has 0 fully saturated rings. The van der Waals surface area contributed by atoms with E-state index in [1.165, 1.54) is 7.11 Å². The molecule has 17 heavy (non-hydrogen) atoms. The van der Waals surface area contributed by atoms with Gasteiger partial charge in [-0.15, -0.1) is 11.3 Å². The third kappa shape index (κ3) is 2.69. The number of carbonyl (C=O) groups is 1. The Bertz CT molecular complexity index is 520. The lowest BCUT2D eigenvalue weighted by molar-refractivity contribution is 0.0537. The lowest BCUT2D eigenvalue weighted by atomic mass is 10.1. The van der Waals surface area contributed by atoms with E-state index >= 15 is 0 Å². The van der Waals surface area contributed by atoms with Gasteiger partial charge in [0.15, 0.2) is 0 Å². The predicted molar refractivity (Wildman–Crippen MR) is 66.8 cm³/mol. The van der Waals surface area contributed by atoms with E-state index in [4.69, 9.17) is 0 Å². The molecule has 0 atom stereocenters. The van der Waals surface area contributed by atoms with Gasteiger partial charge in [-0.1, -0.05) is 12.1 Å². The second-order valence-electron chi connectivity index (χ2n) is 3.46. The molecule has 0 spiro atoms. The summed E-state index contributed by atoms with van der Waals surface area (Å²) < 4.78 is 0. The average molecular weight is 248 g/mol. The molecule has 0 aliphatic heterocycles. The Morgan fingerprint density at radius 3 is 2.59 bits per heavy atom. The van der Waals surface area contributed by atoms with Crippen LogP contribution in [0.3, 0.4) is 0 Å². The summed E-state index contributed by atoms with van der Waals surface area (Å²) in [6.07, 6.45) is 0. The molecule has 1 heterocycles. The van der Waals surface area contributed by atoms with Gasteiger partial charge in [-0.2, -0.15) is 0 Å². The first-order valence-electron chi connectivity index (χ1n) is 5.06. The minimum atomic E-state index is -0.256. The van der Waals surface area contributed by atoms with Crippen molar-refractivity contribution in [3.8, 4) is 11.3 Å². The standard InChI is InChI=1S/C12H12N2O2S/c1-8-13-11(7-17-8)9-3-5-10(6-4-9)12(15)14-16-2/h3-7H,1-2H3,(H,14,15). The van der Waals surface area contributed by atoms with E-state index in [-0.39, 0.29) is 5.91 Å². The molecule has 2 rings (SSSR count). The summed E-state index contributed by atoms with van der Waals surface area (Å²) in [6, 6.07) is 7.24. The van der Waals surface area contributed by atoms with Gasteiger partial charge in [-0.25, -0.2) is 10.5 Å². The normalized spacial score (nSPS) is 10.2. The van der Waals surface area contributed by atoms with Gasteiger partial charge in [0.2, 0.25) is 0 Å². The van der Waals surface area contributed by atoms with Gasteiger partial charge in [0.1, 0.15) is 0 Å². The molecule has 0 saturated heterocycles. The summed E-state index contributed by atoms with van der Waals surface area (Å²) in [5, 5.41) is 3.03. The Labute approximate surface area is 103 Å². The molecule has 4 nitrogen and oxygen atoms in total. The molecular formula is C12H12N2O2S. The van der Waals surface area contributed by atoms with Crippen LogP contribution in [0.5, 0.6) is 0 Å². The smallest absolute Gasteiger partial charge is 0.274 e. The zero-order valence-corrected chi connectivity index (χ0v) is 10.4. The number of aromatic nitrogens is 1. The SMILES string of the molecule is CONC(=O)c1ccc(-c2csc(C)n2)cc1. The Balaban J connectivity index is 2.21. The zero-order chi connectivity index (χ0) is 12.3. The van der Waals surface area contributed by atoms with E-state index in [9.17, 15) is 4.79 Å². The first-order valence-corrected chi connectivity index (χ1v) is 5.94. The number of hydroxylamine groups is 1. The fourth-order valence-corrected chi connectivity index (χ4v) is 2.06. The number of hydrogen-bond acceptors (Lipinski definition) is 4. The van der Waals surface area contributed by atoms with Crippen molar-refractivity contribution in [1.82, 2.24) is 10.5 Å². The lowest BCUT2D eigenvalue weighted by Gasteiger charge is -2.02.